The van der Waals surface area contributed by atoms with Gasteiger partial charge in [0.15, 0.2) is 0 Å². The maximum absolute atomic E-state index is 12.7. The second-order valence-corrected chi connectivity index (χ2v) is 9.33. The minimum Gasteiger partial charge on any atom is -0.348 e. The molecule has 0 spiro atoms. The molecule has 8 nitrogen and oxygen atoms in total. The number of hydrogen-bond donors (Lipinski definition) is 2. The number of benzene rings is 1. The molecule has 0 fully saturated rings. The lowest BCUT2D eigenvalue weighted by atomic mass is 9.93. The van der Waals surface area contributed by atoms with Crippen LogP contribution in [0.25, 0.3) is 5.95 Å². The Hall–Kier alpha value is -2.81. The van der Waals surface area contributed by atoms with E-state index >= 15 is 0 Å². The molecule has 0 aliphatic heterocycles. The van der Waals surface area contributed by atoms with E-state index in [-0.39, 0.29) is 23.6 Å². The van der Waals surface area contributed by atoms with Crippen LogP contribution in [0.4, 0.5) is 0 Å². The number of nitrogens with one attached hydrogen (secondary N) is 1. The first-order valence-electron chi connectivity index (χ1n) is 10.4. The van der Waals surface area contributed by atoms with Crippen LogP contribution in [0.1, 0.15) is 62.2 Å². The van der Waals surface area contributed by atoms with Crippen LogP contribution in [0.5, 0.6) is 0 Å². The molecule has 1 aromatic carbocycles. The van der Waals surface area contributed by atoms with E-state index in [1.54, 1.807) is 4.68 Å². The number of nitrogens with two attached hydrogens (primary N) is 1. The summed E-state index contributed by atoms with van der Waals surface area (Å²) in [5.41, 5.74) is 4.17. The first kappa shape index (κ1) is 22.9. The standard InChI is InChI=1S/C22H31N7OS/c1-13(2)17-7-9-18(10-8-17)20(14(3)4)24-19(30)12-31-22-26-25-21(28(22)23)29-16(6)11-15(5)27-29/h7-11,13-14,20H,12,23H2,1-6H3,(H,24,30). The third kappa shape index (κ3) is 5.28. The Morgan fingerprint density at radius 2 is 1.74 bits per heavy atom. The highest BCUT2D eigenvalue weighted by molar-refractivity contribution is 7.99. The Morgan fingerprint density at radius 3 is 2.29 bits per heavy atom. The number of amides is 1. The smallest absolute Gasteiger partial charge is 0.271 e. The highest BCUT2D eigenvalue weighted by Crippen LogP contribution is 2.25. The van der Waals surface area contributed by atoms with E-state index in [0.29, 0.717) is 17.0 Å². The van der Waals surface area contributed by atoms with Crippen molar-refractivity contribution in [2.75, 3.05) is 11.6 Å². The predicted molar refractivity (Wildman–Crippen MR) is 124 cm³/mol. The molecule has 3 aromatic rings. The SMILES string of the molecule is Cc1cc(C)n(-c2nnc(SCC(=O)NC(c3ccc(C(C)C)cc3)C(C)C)n2N)n1. The molecule has 0 bridgehead atoms. The highest BCUT2D eigenvalue weighted by Gasteiger charge is 2.20. The van der Waals surface area contributed by atoms with Crippen molar-refractivity contribution in [3.05, 3.63) is 52.8 Å². The molecule has 0 saturated heterocycles. The summed E-state index contributed by atoms with van der Waals surface area (Å²) in [4.78, 5) is 12.7. The van der Waals surface area contributed by atoms with E-state index in [0.717, 1.165) is 17.0 Å². The van der Waals surface area contributed by atoms with Gasteiger partial charge in [-0.2, -0.15) is 5.10 Å². The van der Waals surface area contributed by atoms with Crippen LogP contribution in [0.15, 0.2) is 35.5 Å². The molecule has 1 atom stereocenters. The van der Waals surface area contributed by atoms with Crippen LogP contribution in [0.3, 0.4) is 0 Å². The first-order chi connectivity index (χ1) is 14.7. The van der Waals surface area contributed by atoms with Crippen LogP contribution >= 0.6 is 11.8 Å². The molecule has 1 unspecified atom stereocenters. The summed E-state index contributed by atoms with van der Waals surface area (Å²) < 4.78 is 3.00. The summed E-state index contributed by atoms with van der Waals surface area (Å²) in [6.45, 7) is 12.4. The lowest BCUT2D eigenvalue weighted by Crippen LogP contribution is -2.33. The molecule has 2 heterocycles. The summed E-state index contributed by atoms with van der Waals surface area (Å²) in [6, 6.07) is 10.3. The van der Waals surface area contributed by atoms with E-state index in [9.17, 15) is 4.79 Å². The maximum atomic E-state index is 12.7. The van der Waals surface area contributed by atoms with Gasteiger partial charge in [-0.3, -0.25) is 4.79 Å². The average molecular weight is 442 g/mol. The zero-order chi connectivity index (χ0) is 22.7. The van der Waals surface area contributed by atoms with Gasteiger partial charge in [-0.15, -0.1) is 10.2 Å². The van der Waals surface area contributed by atoms with Crippen molar-refractivity contribution >= 4 is 17.7 Å². The maximum Gasteiger partial charge on any atom is 0.271 e. The summed E-state index contributed by atoms with van der Waals surface area (Å²) in [5.74, 6) is 7.43. The molecule has 31 heavy (non-hydrogen) atoms. The fourth-order valence-electron chi connectivity index (χ4n) is 3.41. The van der Waals surface area contributed by atoms with E-state index in [4.69, 9.17) is 5.84 Å². The molecule has 166 valence electrons. The van der Waals surface area contributed by atoms with Gasteiger partial charge in [0.05, 0.1) is 17.5 Å². The van der Waals surface area contributed by atoms with Gasteiger partial charge in [0.2, 0.25) is 11.1 Å². The van der Waals surface area contributed by atoms with E-state index in [1.165, 1.54) is 22.0 Å². The van der Waals surface area contributed by atoms with Crippen LogP contribution in [0.2, 0.25) is 0 Å². The number of nitrogens with zero attached hydrogens (tertiary/aromatic N) is 5. The van der Waals surface area contributed by atoms with Crippen molar-refractivity contribution in [1.82, 2.24) is 30.0 Å². The summed E-state index contributed by atoms with van der Waals surface area (Å²) in [6.07, 6.45) is 0. The molecule has 0 aliphatic carbocycles. The molecular formula is C22H31N7OS. The molecule has 0 radical (unpaired) electrons. The number of thioether (sulfide) groups is 1. The second-order valence-electron chi connectivity index (χ2n) is 8.39. The lowest BCUT2D eigenvalue weighted by molar-refractivity contribution is -0.119. The molecule has 3 rings (SSSR count). The largest absolute Gasteiger partial charge is 0.348 e. The average Bonchev–Trinajstić information content (AvgIpc) is 3.24. The summed E-state index contributed by atoms with van der Waals surface area (Å²) >= 11 is 1.25. The highest BCUT2D eigenvalue weighted by atomic mass is 32.2. The minimum atomic E-state index is -0.0766. The molecular weight excluding hydrogens is 410 g/mol. The normalized spacial score (nSPS) is 12.5. The lowest BCUT2D eigenvalue weighted by Gasteiger charge is -2.23. The van der Waals surface area contributed by atoms with Crippen LogP contribution in [-0.4, -0.2) is 36.3 Å². The van der Waals surface area contributed by atoms with E-state index in [2.05, 4.69) is 72.6 Å². The van der Waals surface area contributed by atoms with Crippen molar-refractivity contribution in [3.8, 4) is 5.95 Å². The molecule has 9 heteroatoms. The van der Waals surface area contributed by atoms with Gasteiger partial charge in [-0.25, -0.2) is 9.36 Å². The quantitative estimate of drug-likeness (QED) is 0.409. The molecule has 0 aliphatic rings. The Morgan fingerprint density at radius 1 is 1.10 bits per heavy atom. The second kappa shape index (κ2) is 9.55. The van der Waals surface area contributed by atoms with Crippen LogP contribution in [0, 0.1) is 19.8 Å². The number of aryl methyl sites for hydroxylation is 2. The molecule has 3 N–H and O–H groups in total. The van der Waals surface area contributed by atoms with Gasteiger partial charge in [-0.1, -0.05) is 63.7 Å². The number of carbonyl (C=O) groups excluding carboxylic acids is 1. The van der Waals surface area contributed by atoms with Crippen LogP contribution < -0.4 is 11.2 Å². The Labute approximate surface area is 187 Å². The van der Waals surface area contributed by atoms with Gasteiger partial charge in [0.25, 0.3) is 5.95 Å². The molecule has 1 amide bonds. The topological polar surface area (TPSA) is 104 Å². The Kier molecular flexibility index (Phi) is 7.04. The van der Waals surface area contributed by atoms with Gasteiger partial charge < -0.3 is 11.2 Å². The van der Waals surface area contributed by atoms with Gasteiger partial charge in [0, 0.05) is 5.69 Å². The zero-order valence-electron chi connectivity index (χ0n) is 19.0. The fraction of sp³-hybridized carbons (Fsp3) is 0.455. The number of carbonyl (C=O) groups is 1. The van der Waals surface area contributed by atoms with Gasteiger partial charge in [0.1, 0.15) is 0 Å². The zero-order valence-corrected chi connectivity index (χ0v) is 19.8. The minimum absolute atomic E-state index is 0.0599. The number of rotatable bonds is 8. The fourth-order valence-corrected chi connectivity index (χ4v) is 4.07. The van der Waals surface area contributed by atoms with E-state index < -0.39 is 0 Å². The van der Waals surface area contributed by atoms with Gasteiger partial charge >= 0.3 is 0 Å². The van der Waals surface area contributed by atoms with Crippen molar-refractivity contribution in [2.24, 2.45) is 5.92 Å². The number of aromatic nitrogens is 5. The van der Waals surface area contributed by atoms with Crippen molar-refractivity contribution in [2.45, 2.75) is 58.7 Å². The number of nitrogen functional groups attached to an aromatic ring is 1. The Balaban J connectivity index is 1.65. The number of hydrogen-bond acceptors (Lipinski definition) is 6. The van der Waals surface area contributed by atoms with Crippen molar-refractivity contribution < 1.29 is 4.79 Å². The summed E-state index contributed by atoms with van der Waals surface area (Å²) in [7, 11) is 0. The Bertz CT molecular complexity index is 1040. The van der Waals surface area contributed by atoms with Gasteiger partial charge in [-0.05, 0) is 42.9 Å². The van der Waals surface area contributed by atoms with Crippen LogP contribution in [-0.2, 0) is 4.79 Å². The molecule has 0 saturated carbocycles. The predicted octanol–water partition coefficient (Wildman–Crippen LogP) is 3.52. The first-order valence-corrected chi connectivity index (χ1v) is 11.4. The van der Waals surface area contributed by atoms with Crippen molar-refractivity contribution in [1.29, 1.82) is 0 Å². The third-order valence-electron chi connectivity index (χ3n) is 5.12. The molecule has 2 aromatic heterocycles. The van der Waals surface area contributed by atoms with E-state index in [1.807, 2.05) is 19.9 Å². The summed E-state index contributed by atoms with van der Waals surface area (Å²) in [5, 5.41) is 16.2. The monoisotopic (exact) mass is 441 g/mol. The van der Waals surface area contributed by atoms with Crippen molar-refractivity contribution in [3.63, 3.8) is 0 Å². The third-order valence-corrected chi connectivity index (χ3v) is 6.07.